The summed E-state index contributed by atoms with van der Waals surface area (Å²) in [4.78, 5) is 15.5. The second kappa shape index (κ2) is 9.47. The van der Waals surface area contributed by atoms with Crippen LogP contribution in [0, 0.1) is 0 Å². The maximum atomic E-state index is 6.45. The molecular weight excluding hydrogens is 578 g/mol. The molecule has 5 heteroatoms. The number of hydrogen-bond donors (Lipinski definition) is 0. The van der Waals surface area contributed by atoms with Gasteiger partial charge in [0.05, 0.1) is 5.56 Å². The SMILES string of the molecule is CC1(C)c2ccccc2-c2c(-c3nc(-c4ccc5c(c4)oc4ccccc45)nc(-c4cccc5c4oc4ccccc45)n3)cccc21. The molecule has 47 heavy (non-hydrogen) atoms. The Labute approximate surface area is 270 Å². The van der Waals surface area contributed by atoms with E-state index in [1.807, 2.05) is 54.6 Å². The van der Waals surface area contributed by atoms with Gasteiger partial charge in [-0.05, 0) is 52.6 Å². The number of aromatic nitrogens is 3. The number of para-hydroxylation sites is 3. The van der Waals surface area contributed by atoms with Gasteiger partial charge in [-0.15, -0.1) is 0 Å². The first-order valence-corrected chi connectivity index (χ1v) is 15.9. The molecule has 0 amide bonds. The number of fused-ring (bicyclic) bond motifs is 9. The van der Waals surface area contributed by atoms with E-state index >= 15 is 0 Å². The summed E-state index contributed by atoms with van der Waals surface area (Å²) in [6.07, 6.45) is 0. The Morgan fingerprint density at radius 3 is 1.87 bits per heavy atom. The van der Waals surface area contributed by atoms with Gasteiger partial charge in [-0.2, -0.15) is 0 Å². The van der Waals surface area contributed by atoms with E-state index in [-0.39, 0.29) is 5.41 Å². The summed E-state index contributed by atoms with van der Waals surface area (Å²) in [5, 5.41) is 4.24. The van der Waals surface area contributed by atoms with Crippen LogP contribution in [0.25, 0.3) is 89.2 Å². The first kappa shape index (κ1) is 26.2. The Bertz CT molecular complexity index is 2730. The van der Waals surface area contributed by atoms with Gasteiger partial charge in [-0.3, -0.25) is 0 Å². The van der Waals surface area contributed by atoms with Crippen molar-refractivity contribution in [3.05, 3.63) is 139 Å². The summed E-state index contributed by atoms with van der Waals surface area (Å²) in [6, 6.07) is 43.7. The van der Waals surface area contributed by atoms with Crippen molar-refractivity contribution >= 4 is 43.9 Å². The van der Waals surface area contributed by atoms with E-state index in [0.717, 1.165) is 60.6 Å². The summed E-state index contributed by atoms with van der Waals surface area (Å²) in [7, 11) is 0. The van der Waals surface area contributed by atoms with Crippen LogP contribution in [0.1, 0.15) is 25.0 Å². The van der Waals surface area contributed by atoms with Crippen LogP contribution in [-0.2, 0) is 5.41 Å². The monoisotopic (exact) mass is 605 g/mol. The summed E-state index contributed by atoms with van der Waals surface area (Å²) in [5.41, 5.74) is 10.7. The van der Waals surface area contributed by atoms with E-state index in [2.05, 4.69) is 86.6 Å². The molecule has 0 N–H and O–H groups in total. The standard InChI is InChI=1S/C42H27N3O2/c1-42(2)32-17-6-3-13-29(32)37-30(15-10-18-33(37)42)40-43-39(24-21-22-27-25-11-4-7-19-34(25)46-36(27)23-24)44-41(45-40)31-16-9-14-28-26-12-5-8-20-35(26)47-38(28)31/h3-23H,1-2H3. The molecule has 0 spiro atoms. The molecule has 9 aromatic rings. The quantitative estimate of drug-likeness (QED) is 0.200. The molecule has 0 aliphatic heterocycles. The zero-order valence-corrected chi connectivity index (χ0v) is 25.8. The Hall–Kier alpha value is -6.07. The largest absolute Gasteiger partial charge is 0.456 e. The predicted octanol–water partition coefficient (Wildman–Crippen LogP) is 11.0. The average molecular weight is 606 g/mol. The lowest BCUT2D eigenvalue weighted by Gasteiger charge is -2.21. The number of furan rings is 2. The normalized spacial score (nSPS) is 13.5. The van der Waals surface area contributed by atoms with Gasteiger partial charge in [0.25, 0.3) is 0 Å². The minimum absolute atomic E-state index is 0.146. The van der Waals surface area contributed by atoms with Crippen molar-refractivity contribution in [1.82, 2.24) is 15.0 Å². The summed E-state index contributed by atoms with van der Waals surface area (Å²) >= 11 is 0. The average Bonchev–Trinajstić information content (AvgIpc) is 3.76. The highest BCUT2D eigenvalue weighted by molar-refractivity contribution is 6.09. The van der Waals surface area contributed by atoms with Crippen LogP contribution < -0.4 is 0 Å². The molecule has 0 radical (unpaired) electrons. The number of rotatable bonds is 3. The maximum absolute atomic E-state index is 6.45. The molecule has 3 heterocycles. The molecule has 0 saturated heterocycles. The first-order valence-electron chi connectivity index (χ1n) is 15.9. The molecule has 3 aromatic heterocycles. The zero-order chi connectivity index (χ0) is 31.3. The zero-order valence-electron chi connectivity index (χ0n) is 25.8. The Morgan fingerprint density at radius 1 is 0.447 bits per heavy atom. The van der Waals surface area contributed by atoms with Crippen LogP contribution in [0.5, 0.6) is 0 Å². The van der Waals surface area contributed by atoms with E-state index in [0.29, 0.717) is 17.5 Å². The van der Waals surface area contributed by atoms with Crippen molar-refractivity contribution in [2.24, 2.45) is 0 Å². The summed E-state index contributed by atoms with van der Waals surface area (Å²) < 4.78 is 12.7. The molecule has 0 unspecified atom stereocenters. The van der Waals surface area contributed by atoms with Gasteiger partial charge in [0.15, 0.2) is 17.5 Å². The minimum Gasteiger partial charge on any atom is -0.456 e. The van der Waals surface area contributed by atoms with Crippen LogP contribution >= 0.6 is 0 Å². The fourth-order valence-electron chi connectivity index (χ4n) is 7.48. The fourth-order valence-corrected chi connectivity index (χ4v) is 7.48. The highest BCUT2D eigenvalue weighted by Crippen LogP contribution is 2.51. The van der Waals surface area contributed by atoms with E-state index in [1.165, 1.54) is 22.3 Å². The van der Waals surface area contributed by atoms with Crippen LogP contribution in [0.15, 0.2) is 136 Å². The van der Waals surface area contributed by atoms with Gasteiger partial charge < -0.3 is 8.83 Å². The molecule has 6 aromatic carbocycles. The Morgan fingerprint density at radius 2 is 1.02 bits per heavy atom. The summed E-state index contributed by atoms with van der Waals surface area (Å²) in [6.45, 7) is 4.58. The predicted molar refractivity (Wildman–Crippen MR) is 188 cm³/mol. The molecule has 5 nitrogen and oxygen atoms in total. The smallest absolute Gasteiger partial charge is 0.167 e. The van der Waals surface area contributed by atoms with Crippen LogP contribution in [0.3, 0.4) is 0 Å². The third-order valence-electron chi connectivity index (χ3n) is 9.77. The van der Waals surface area contributed by atoms with Crippen LogP contribution in [-0.4, -0.2) is 15.0 Å². The second-order valence-electron chi connectivity index (χ2n) is 12.8. The second-order valence-corrected chi connectivity index (χ2v) is 12.8. The van der Waals surface area contributed by atoms with Gasteiger partial charge in [-0.1, -0.05) is 111 Å². The van der Waals surface area contributed by atoms with Crippen molar-refractivity contribution in [2.75, 3.05) is 0 Å². The van der Waals surface area contributed by atoms with E-state index in [4.69, 9.17) is 23.8 Å². The topological polar surface area (TPSA) is 65.0 Å². The van der Waals surface area contributed by atoms with Gasteiger partial charge in [0.1, 0.15) is 22.3 Å². The van der Waals surface area contributed by atoms with Gasteiger partial charge in [-0.25, -0.2) is 15.0 Å². The molecular formula is C42H27N3O2. The molecule has 0 saturated carbocycles. The van der Waals surface area contributed by atoms with Gasteiger partial charge in [0, 0.05) is 38.1 Å². The van der Waals surface area contributed by atoms with Crippen molar-refractivity contribution < 1.29 is 8.83 Å². The van der Waals surface area contributed by atoms with Crippen molar-refractivity contribution in [1.29, 1.82) is 0 Å². The fraction of sp³-hybridized carbons (Fsp3) is 0.0714. The molecule has 1 aliphatic rings. The van der Waals surface area contributed by atoms with Gasteiger partial charge in [0.2, 0.25) is 0 Å². The molecule has 222 valence electrons. The number of hydrogen-bond acceptors (Lipinski definition) is 5. The van der Waals surface area contributed by atoms with Crippen molar-refractivity contribution in [3.63, 3.8) is 0 Å². The van der Waals surface area contributed by atoms with Gasteiger partial charge >= 0.3 is 0 Å². The highest BCUT2D eigenvalue weighted by atomic mass is 16.3. The van der Waals surface area contributed by atoms with Crippen LogP contribution in [0.4, 0.5) is 0 Å². The third kappa shape index (κ3) is 3.74. The molecule has 1 aliphatic carbocycles. The van der Waals surface area contributed by atoms with Crippen molar-refractivity contribution in [2.45, 2.75) is 19.3 Å². The Kier molecular flexibility index (Phi) is 5.28. The number of nitrogens with zero attached hydrogens (tertiary/aromatic N) is 3. The molecule has 0 atom stereocenters. The van der Waals surface area contributed by atoms with Crippen LogP contribution in [0.2, 0.25) is 0 Å². The van der Waals surface area contributed by atoms with E-state index in [1.54, 1.807) is 0 Å². The third-order valence-corrected chi connectivity index (χ3v) is 9.77. The first-order chi connectivity index (χ1) is 23.0. The lowest BCUT2D eigenvalue weighted by molar-refractivity contribution is 0.660. The summed E-state index contributed by atoms with van der Waals surface area (Å²) in [5.74, 6) is 1.75. The molecule has 10 rings (SSSR count). The lowest BCUT2D eigenvalue weighted by atomic mass is 9.82. The minimum atomic E-state index is -0.146. The number of benzene rings is 6. The molecule has 0 fully saturated rings. The maximum Gasteiger partial charge on any atom is 0.167 e. The molecule has 0 bridgehead atoms. The Balaban J connectivity index is 1.25. The van der Waals surface area contributed by atoms with Crippen molar-refractivity contribution in [3.8, 4) is 45.3 Å². The highest BCUT2D eigenvalue weighted by Gasteiger charge is 2.37. The lowest BCUT2D eigenvalue weighted by Crippen LogP contribution is -2.14. The van der Waals surface area contributed by atoms with E-state index < -0.39 is 0 Å². The van der Waals surface area contributed by atoms with E-state index in [9.17, 15) is 0 Å².